The first-order valence-electron chi connectivity index (χ1n) is 2.08. The quantitative estimate of drug-likeness (QED) is 0.495. The average Bonchev–Trinajstić information content (AvgIpc) is 1.94. The largest absolute Gasteiger partial charge is 0.382 e. The van der Waals surface area contributed by atoms with E-state index in [1.165, 1.54) is 6.20 Å². The van der Waals surface area contributed by atoms with Crippen molar-refractivity contribution in [2.45, 2.75) is 0 Å². The first-order chi connectivity index (χ1) is 4.39. The fraction of sp³-hybridized carbons (Fsp3) is 0. The lowest BCUT2D eigenvalue weighted by Gasteiger charge is -1.80. The summed E-state index contributed by atoms with van der Waals surface area (Å²) in [6.07, 6.45) is 1.49. The molecule has 0 fully saturated rings. The predicted octanol–water partition coefficient (Wildman–Crippen LogP) is -0.731. The standard InChI is InChI=1S/C3H4N4.CH2O/c4-3-1-2-5-7-6-3;1-2/h1-2H,(H2,4,5,6);1H2. The van der Waals surface area contributed by atoms with Crippen LogP contribution >= 0.6 is 0 Å². The molecular formula is C4H6N4O. The smallest absolute Gasteiger partial charge is 0.149 e. The second kappa shape index (κ2) is 4.63. The summed E-state index contributed by atoms with van der Waals surface area (Å²) >= 11 is 0. The molecule has 0 aliphatic rings. The summed E-state index contributed by atoms with van der Waals surface area (Å²) in [7, 11) is 0. The highest BCUT2D eigenvalue weighted by Crippen LogP contribution is 1.83. The summed E-state index contributed by atoms with van der Waals surface area (Å²) in [4.78, 5) is 8.00. The second-order valence-electron chi connectivity index (χ2n) is 1.05. The lowest BCUT2D eigenvalue weighted by molar-refractivity contribution is -0.0979. The summed E-state index contributed by atoms with van der Waals surface area (Å²) in [6, 6.07) is 1.58. The van der Waals surface area contributed by atoms with Gasteiger partial charge in [0.05, 0.1) is 6.20 Å². The van der Waals surface area contributed by atoms with Crippen LogP contribution in [-0.4, -0.2) is 22.2 Å². The van der Waals surface area contributed by atoms with Crippen LogP contribution < -0.4 is 5.73 Å². The number of anilines is 1. The number of hydrogen-bond acceptors (Lipinski definition) is 5. The molecular weight excluding hydrogens is 120 g/mol. The molecule has 0 bridgehead atoms. The van der Waals surface area contributed by atoms with Gasteiger partial charge in [-0.2, -0.15) is 0 Å². The molecule has 1 aromatic heterocycles. The van der Waals surface area contributed by atoms with Crippen molar-refractivity contribution in [3.63, 3.8) is 0 Å². The molecule has 0 aliphatic heterocycles. The van der Waals surface area contributed by atoms with Crippen LogP contribution in [0.5, 0.6) is 0 Å². The van der Waals surface area contributed by atoms with Gasteiger partial charge in [0, 0.05) is 6.07 Å². The third kappa shape index (κ3) is 3.10. The van der Waals surface area contributed by atoms with Crippen LogP contribution in [-0.2, 0) is 4.79 Å². The highest BCUT2D eigenvalue weighted by Gasteiger charge is 1.76. The molecule has 1 rings (SSSR count). The SMILES string of the molecule is C=O.Nc1ccnnn1. The highest BCUT2D eigenvalue weighted by atomic mass is 16.1. The maximum Gasteiger partial charge on any atom is 0.149 e. The summed E-state index contributed by atoms with van der Waals surface area (Å²) in [5.74, 6) is 0.398. The van der Waals surface area contributed by atoms with Crippen LogP contribution in [0.15, 0.2) is 12.3 Å². The van der Waals surface area contributed by atoms with Crippen LogP contribution in [0.4, 0.5) is 5.82 Å². The van der Waals surface area contributed by atoms with Crippen molar-refractivity contribution in [3.05, 3.63) is 12.3 Å². The Morgan fingerprint density at radius 3 is 2.44 bits per heavy atom. The van der Waals surface area contributed by atoms with Gasteiger partial charge in [-0.1, -0.05) is 0 Å². The monoisotopic (exact) mass is 126 g/mol. The average molecular weight is 126 g/mol. The Balaban J connectivity index is 0.000000291. The lowest BCUT2D eigenvalue weighted by Crippen LogP contribution is -1.91. The Bertz CT molecular complexity index is 154. The normalized spacial score (nSPS) is 7.11. The van der Waals surface area contributed by atoms with Crippen molar-refractivity contribution in [2.75, 3.05) is 5.73 Å². The molecule has 0 spiro atoms. The minimum Gasteiger partial charge on any atom is -0.382 e. The summed E-state index contributed by atoms with van der Waals surface area (Å²) < 4.78 is 0. The van der Waals surface area contributed by atoms with Crippen molar-refractivity contribution in [2.24, 2.45) is 0 Å². The zero-order chi connectivity index (χ0) is 7.11. The van der Waals surface area contributed by atoms with Gasteiger partial charge in [0.1, 0.15) is 12.6 Å². The van der Waals surface area contributed by atoms with E-state index in [-0.39, 0.29) is 0 Å². The third-order valence-corrected chi connectivity index (χ3v) is 0.524. The topological polar surface area (TPSA) is 81.8 Å². The van der Waals surface area contributed by atoms with E-state index in [0.717, 1.165) is 0 Å². The minimum absolute atomic E-state index is 0.398. The maximum absolute atomic E-state index is 8.00. The Kier molecular flexibility index (Phi) is 3.85. The van der Waals surface area contributed by atoms with E-state index in [4.69, 9.17) is 10.5 Å². The molecule has 1 aromatic rings. The number of nitrogen functional groups attached to an aromatic ring is 1. The van der Waals surface area contributed by atoms with Crippen molar-refractivity contribution in [1.29, 1.82) is 0 Å². The van der Waals surface area contributed by atoms with Gasteiger partial charge in [-0.05, 0) is 5.21 Å². The maximum atomic E-state index is 8.00. The molecule has 0 saturated carbocycles. The molecule has 0 aromatic carbocycles. The number of carbonyl (C=O) groups is 1. The number of carbonyl (C=O) groups excluding carboxylic acids is 1. The molecule has 0 saturated heterocycles. The van der Waals surface area contributed by atoms with E-state index in [9.17, 15) is 0 Å². The van der Waals surface area contributed by atoms with Crippen LogP contribution in [0.1, 0.15) is 0 Å². The molecule has 0 amide bonds. The first kappa shape index (κ1) is 7.48. The summed E-state index contributed by atoms with van der Waals surface area (Å²) in [5.41, 5.74) is 5.14. The number of nitrogens with two attached hydrogens (primary N) is 1. The van der Waals surface area contributed by atoms with Crippen LogP contribution in [0, 0.1) is 0 Å². The van der Waals surface area contributed by atoms with Gasteiger partial charge in [-0.25, -0.2) is 0 Å². The first-order valence-corrected chi connectivity index (χ1v) is 2.08. The van der Waals surface area contributed by atoms with Gasteiger partial charge in [0.15, 0.2) is 0 Å². The van der Waals surface area contributed by atoms with Crippen molar-refractivity contribution in [3.8, 4) is 0 Å². The van der Waals surface area contributed by atoms with E-state index in [2.05, 4.69) is 15.4 Å². The van der Waals surface area contributed by atoms with Gasteiger partial charge in [-0.15, -0.1) is 10.2 Å². The van der Waals surface area contributed by atoms with Crippen LogP contribution in [0.2, 0.25) is 0 Å². The molecule has 1 heterocycles. The van der Waals surface area contributed by atoms with Gasteiger partial charge in [0.25, 0.3) is 0 Å². The van der Waals surface area contributed by atoms with Gasteiger partial charge < -0.3 is 10.5 Å². The van der Waals surface area contributed by atoms with E-state index < -0.39 is 0 Å². The summed E-state index contributed by atoms with van der Waals surface area (Å²) in [5, 5.41) is 10.1. The fourth-order valence-corrected chi connectivity index (χ4v) is 0.250. The van der Waals surface area contributed by atoms with E-state index in [1.807, 2.05) is 6.79 Å². The van der Waals surface area contributed by atoms with Gasteiger partial charge in [0.2, 0.25) is 0 Å². The molecule has 48 valence electrons. The number of hydrogen-bond donors (Lipinski definition) is 1. The Morgan fingerprint density at radius 1 is 1.56 bits per heavy atom. The molecule has 0 aliphatic carbocycles. The zero-order valence-corrected chi connectivity index (χ0v) is 4.69. The molecule has 0 radical (unpaired) electrons. The Labute approximate surface area is 51.9 Å². The Hall–Kier alpha value is -1.52. The van der Waals surface area contributed by atoms with Gasteiger partial charge in [-0.3, -0.25) is 0 Å². The molecule has 9 heavy (non-hydrogen) atoms. The van der Waals surface area contributed by atoms with Crippen LogP contribution in [0.3, 0.4) is 0 Å². The zero-order valence-electron chi connectivity index (χ0n) is 4.69. The number of aromatic nitrogens is 3. The van der Waals surface area contributed by atoms with Crippen LogP contribution in [0.25, 0.3) is 0 Å². The van der Waals surface area contributed by atoms with E-state index >= 15 is 0 Å². The molecule has 5 heteroatoms. The predicted molar refractivity (Wildman–Crippen MR) is 31.4 cm³/mol. The molecule has 0 atom stereocenters. The lowest BCUT2D eigenvalue weighted by atomic mass is 10.6. The molecule has 0 unspecified atom stereocenters. The van der Waals surface area contributed by atoms with E-state index in [0.29, 0.717) is 5.82 Å². The van der Waals surface area contributed by atoms with Gasteiger partial charge >= 0.3 is 0 Å². The molecule has 2 N–H and O–H groups in total. The highest BCUT2D eigenvalue weighted by molar-refractivity contribution is 5.21. The summed E-state index contributed by atoms with van der Waals surface area (Å²) in [6.45, 7) is 2.00. The van der Waals surface area contributed by atoms with Crippen molar-refractivity contribution >= 4 is 12.6 Å². The molecule has 5 nitrogen and oxygen atoms in total. The third-order valence-electron chi connectivity index (χ3n) is 0.524. The number of rotatable bonds is 0. The minimum atomic E-state index is 0.398. The van der Waals surface area contributed by atoms with Crippen molar-refractivity contribution in [1.82, 2.24) is 15.4 Å². The van der Waals surface area contributed by atoms with E-state index in [1.54, 1.807) is 6.07 Å². The number of nitrogens with zero attached hydrogens (tertiary/aromatic N) is 3. The second-order valence-corrected chi connectivity index (χ2v) is 1.05. The fourth-order valence-electron chi connectivity index (χ4n) is 0.250. The van der Waals surface area contributed by atoms with Crippen molar-refractivity contribution < 1.29 is 4.79 Å². The Morgan fingerprint density at radius 2 is 2.22 bits per heavy atom.